The van der Waals surface area contributed by atoms with E-state index >= 15 is 0 Å². The molecule has 2 unspecified atom stereocenters. The Morgan fingerprint density at radius 3 is 2.71 bits per heavy atom. The molecule has 6 nitrogen and oxygen atoms in total. The first kappa shape index (κ1) is 17.8. The van der Waals surface area contributed by atoms with E-state index in [1.165, 1.54) is 0 Å². The molecule has 0 aromatic heterocycles. The number of amidine groups is 1. The number of aliphatic hydroxyl groups is 1. The largest absolute Gasteiger partial charge is 0.485 e. The van der Waals surface area contributed by atoms with Gasteiger partial charge in [0.2, 0.25) is 6.19 Å². The molecule has 0 saturated carbocycles. The zero-order valence-corrected chi connectivity index (χ0v) is 14.4. The number of likely N-dealkylation sites (N-methyl/N-ethyl adjacent to an activating group) is 1. The molecule has 0 saturated heterocycles. The van der Waals surface area contributed by atoms with Crippen LogP contribution < -0.4 is 4.74 Å². The van der Waals surface area contributed by atoms with E-state index in [4.69, 9.17) is 10.00 Å². The third-order valence-electron chi connectivity index (χ3n) is 4.32. The molecule has 126 valence electrons. The summed E-state index contributed by atoms with van der Waals surface area (Å²) < 4.78 is 5.92. The molecule has 0 aliphatic carbocycles. The Balaban J connectivity index is 2.57. The van der Waals surface area contributed by atoms with E-state index < -0.39 is 17.7 Å². The van der Waals surface area contributed by atoms with E-state index in [0.29, 0.717) is 23.6 Å². The first-order valence-corrected chi connectivity index (χ1v) is 7.95. The average Bonchev–Trinajstić information content (AvgIpc) is 2.55. The van der Waals surface area contributed by atoms with Crippen molar-refractivity contribution < 1.29 is 9.84 Å². The van der Waals surface area contributed by atoms with Gasteiger partial charge in [-0.2, -0.15) is 15.5 Å². The number of nitrogens with zero attached hydrogens (tertiary/aromatic N) is 4. The summed E-state index contributed by atoms with van der Waals surface area (Å²) in [4.78, 5) is 5.74. The van der Waals surface area contributed by atoms with Gasteiger partial charge in [-0.1, -0.05) is 6.92 Å². The molecule has 1 heterocycles. The molecule has 1 aromatic carbocycles. The summed E-state index contributed by atoms with van der Waals surface area (Å²) in [5.41, 5.74) is 0.423. The van der Waals surface area contributed by atoms with Crippen molar-refractivity contribution in [1.29, 1.82) is 10.5 Å². The molecule has 0 amide bonds. The summed E-state index contributed by atoms with van der Waals surface area (Å²) in [5.74, 6) is 1.24. The average molecular weight is 326 g/mol. The van der Waals surface area contributed by atoms with Gasteiger partial charge in [0.1, 0.15) is 23.3 Å². The lowest BCUT2D eigenvalue weighted by molar-refractivity contribution is -0.0787. The van der Waals surface area contributed by atoms with Gasteiger partial charge in [-0.05, 0) is 38.5 Å². The van der Waals surface area contributed by atoms with Crippen molar-refractivity contribution in [3.8, 4) is 18.0 Å². The van der Waals surface area contributed by atoms with Crippen LogP contribution >= 0.6 is 0 Å². The normalized spacial score (nSPS) is 21.9. The molecule has 0 bridgehead atoms. The Hall–Kier alpha value is -2.57. The molecule has 24 heavy (non-hydrogen) atoms. The second-order valence-electron chi connectivity index (χ2n) is 6.45. The van der Waals surface area contributed by atoms with Crippen LogP contribution in [0, 0.1) is 22.8 Å². The second-order valence-corrected chi connectivity index (χ2v) is 6.45. The number of aliphatic hydroxyl groups excluding tert-OH is 1. The molecule has 2 atom stereocenters. The number of aliphatic imine (C=N–C) groups is 1. The Kier molecular flexibility index (Phi) is 5.11. The SMILES string of the molecule is CCCC(=NC#N)N(C)C1c2cc(C#N)ccc2OC(C)(C)C1O. The topological polar surface area (TPSA) is 92.6 Å². The molecule has 0 fully saturated rings. The number of ether oxygens (including phenoxy) is 1. The van der Waals surface area contributed by atoms with Gasteiger partial charge in [-0.25, -0.2) is 0 Å². The van der Waals surface area contributed by atoms with E-state index in [-0.39, 0.29) is 0 Å². The summed E-state index contributed by atoms with van der Waals surface area (Å²) in [6.07, 6.45) is 2.45. The lowest BCUT2D eigenvalue weighted by atomic mass is 9.85. The van der Waals surface area contributed by atoms with Crippen molar-refractivity contribution >= 4 is 5.84 Å². The van der Waals surface area contributed by atoms with Crippen molar-refractivity contribution in [3.63, 3.8) is 0 Å². The third-order valence-corrected chi connectivity index (χ3v) is 4.32. The first-order valence-electron chi connectivity index (χ1n) is 7.95. The maximum Gasteiger partial charge on any atom is 0.207 e. The van der Waals surface area contributed by atoms with Crippen LogP contribution in [0.3, 0.4) is 0 Å². The smallest absolute Gasteiger partial charge is 0.207 e. The van der Waals surface area contributed by atoms with Crippen molar-refractivity contribution in [1.82, 2.24) is 4.90 Å². The van der Waals surface area contributed by atoms with Gasteiger partial charge in [-0.15, -0.1) is 0 Å². The van der Waals surface area contributed by atoms with E-state index in [2.05, 4.69) is 11.1 Å². The van der Waals surface area contributed by atoms with Crippen molar-refractivity contribution in [2.24, 2.45) is 4.99 Å². The molecule has 2 rings (SSSR count). The number of rotatable bonds is 3. The van der Waals surface area contributed by atoms with Crippen molar-refractivity contribution in [3.05, 3.63) is 29.3 Å². The van der Waals surface area contributed by atoms with Crippen LogP contribution in [0.4, 0.5) is 0 Å². The lowest BCUT2D eigenvalue weighted by Gasteiger charge is -2.46. The molecule has 1 aliphatic rings. The van der Waals surface area contributed by atoms with Gasteiger partial charge in [0, 0.05) is 19.0 Å². The van der Waals surface area contributed by atoms with E-state index in [1.807, 2.05) is 38.9 Å². The van der Waals surface area contributed by atoms with Gasteiger partial charge < -0.3 is 14.7 Å². The zero-order chi connectivity index (χ0) is 17.9. The number of benzene rings is 1. The minimum atomic E-state index is -0.843. The summed E-state index contributed by atoms with van der Waals surface area (Å²) in [7, 11) is 1.81. The van der Waals surface area contributed by atoms with Gasteiger partial charge in [0.25, 0.3) is 0 Å². The van der Waals surface area contributed by atoms with Crippen LogP contribution in [0.5, 0.6) is 5.75 Å². The van der Waals surface area contributed by atoms with Gasteiger partial charge in [0.05, 0.1) is 17.7 Å². The molecule has 1 aliphatic heterocycles. The molecular formula is C18H22N4O2. The van der Waals surface area contributed by atoms with Crippen molar-refractivity contribution in [2.45, 2.75) is 51.4 Å². The lowest BCUT2D eigenvalue weighted by Crippen LogP contribution is -2.53. The zero-order valence-electron chi connectivity index (χ0n) is 14.4. The first-order chi connectivity index (χ1) is 11.4. The maximum atomic E-state index is 10.9. The van der Waals surface area contributed by atoms with Crippen LogP contribution in [-0.2, 0) is 0 Å². The quantitative estimate of drug-likeness (QED) is 0.524. The van der Waals surface area contributed by atoms with Crippen molar-refractivity contribution in [2.75, 3.05) is 7.05 Å². The van der Waals surface area contributed by atoms with Crippen LogP contribution in [0.25, 0.3) is 0 Å². The highest BCUT2D eigenvalue weighted by Crippen LogP contribution is 2.43. The van der Waals surface area contributed by atoms with Crippen LogP contribution in [0.2, 0.25) is 0 Å². The molecule has 1 N–H and O–H groups in total. The van der Waals surface area contributed by atoms with E-state index in [0.717, 1.165) is 12.0 Å². The highest BCUT2D eigenvalue weighted by Gasteiger charge is 2.45. The van der Waals surface area contributed by atoms with Gasteiger partial charge in [0.15, 0.2) is 0 Å². The highest BCUT2D eigenvalue weighted by molar-refractivity contribution is 5.83. The monoisotopic (exact) mass is 326 g/mol. The predicted molar refractivity (Wildman–Crippen MR) is 90.3 cm³/mol. The number of hydrogen-bond acceptors (Lipinski definition) is 5. The summed E-state index contributed by atoms with van der Waals surface area (Å²) >= 11 is 0. The fourth-order valence-corrected chi connectivity index (χ4v) is 3.01. The fourth-order valence-electron chi connectivity index (χ4n) is 3.01. The van der Waals surface area contributed by atoms with E-state index in [1.54, 1.807) is 18.2 Å². The minimum Gasteiger partial charge on any atom is -0.485 e. The second kappa shape index (κ2) is 6.90. The predicted octanol–water partition coefficient (Wildman–Crippen LogP) is 2.74. The Labute approximate surface area is 142 Å². The summed E-state index contributed by atoms with van der Waals surface area (Å²) in [6, 6.07) is 6.84. The molecule has 0 spiro atoms. The fraction of sp³-hybridized carbons (Fsp3) is 0.500. The minimum absolute atomic E-state index is 0.448. The standard InChI is InChI=1S/C18H22N4O2/c1-5-6-15(21-11-20)22(4)16-13-9-12(10-19)7-8-14(13)24-18(2,3)17(16)23/h7-9,16-17,23H,5-6H2,1-4H3. The number of hydrogen-bond donors (Lipinski definition) is 1. The molecule has 0 radical (unpaired) electrons. The van der Waals surface area contributed by atoms with Crippen LogP contribution in [0.1, 0.15) is 50.8 Å². The highest BCUT2D eigenvalue weighted by atomic mass is 16.5. The number of nitriles is 2. The molecular weight excluding hydrogens is 304 g/mol. The Bertz CT molecular complexity index is 728. The summed E-state index contributed by atoms with van der Waals surface area (Å²) in [5, 5.41) is 29.0. The van der Waals surface area contributed by atoms with Crippen LogP contribution in [-0.4, -0.2) is 34.6 Å². The van der Waals surface area contributed by atoms with Gasteiger partial charge >= 0.3 is 0 Å². The van der Waals surface area contributed by atoms with Crippen LogP contribution in [0.15, 0.2) is 23.2 Å². The summed E-state index contributed by atoms with van der Waals surface area (Å²) in [6.45, 7) is 5.65. The Morgan fingerprint density at radius 1 is 1.42 bits per heavy atom. The Morgan fingerprint density at radius 2 is 2.12 bits per heavy atom. The molecule has 6 heteroatoms. The van der Waals surface area contributed by atoms with E-state index in [9.17, 15) is 10.4 Å². The van der Waals surface area contributed by atoms with Gasteiger partial charge in [-0.3, -0.25) is 0 Å². The maximum absolute atomic E-state index is 10.9. The molecule has 1 aromatic rings. The third kappa shape index (κ3) is 3.20. The number of fused-ring (bicyclic) bond motifs is 1.